The van der Waals surface area contributed by atoms with E-state index in [1.807, 2.05) is 12.1 Å². The van der Waals surface area contributed by atoms with Crippen LogP contribution in [0.2, 0.25) is 0 Å². The molecule has 3 N–H and O–H groups in total. The molecule has 21 heavy (non-hydrogen) atoms. The van der Waals surface area contributed by atoms with E-state index >= 15 is 0 Å². The van der Waals surface area contributed by atoms with E-state index < -0.39 is 6.04 Å². The third-order valence-corrected chi connectivity index (χ3v) is 3.67. The van der Waals surface area contributed by atoms with E-state index in [0.29, 0.717) is 12.1 Å². The quantitative estimate of drug-likeness (QED) is 0.640. The topological polar surface area (TPSA) is 81.4 Å². The van der Waals surface area contributed by atoms with Gasteiger partial charge in [-0.25, -0.2) is 4.79 Å². The molecule has 2 rings (SSSR count). The molecule has 0 bridgehead atoms. The molecule has 5 nitrogen and oxygen atoms in total. The van der Waals surface area contributed by atoms with Crippen LogP contribution in [0.4, 0.5) is 5.69 Å². The van der Waals surface area contributed by atoms with Crippen molar-refractivity contribution >= 4 is 17.6 Å². The molecule has 1 aromatic carbocycles. The third kappa shape index (κ3) is 4.77. The van der Waals surface area contributed by atoms with Gasteiger partial charge in [0, 0.05) is 19.0 Å². The Balaban J connectivity index is 2.00. The second kappa shape index (κ2) is 7.11. The summed E-state index contributed by atoms with van der Waals surface area (Å²) in [6, 6.07) is 6.62. The number of anilines is 1. The largest absolute Gasteiger partial charge is 0.461 e. The zero-order chi connectivity index (χ0) is 15.2. The molecule has 1 unspecified atom stereocenters. The van der Waals surface area contributed by atoms with E-state index in [2.05, 4.69) is 5.32 Å². The molecule has 114 valence electrons. The maximum absolute atomic E-state index is 12.2. The van der Waals surface area contributed by atoms with Crippen molar-refractivity contribution < 1.29 is 14.3 Å². The van der Waals surface area contributed by atoms with Crippen LogP contribution in [0.15, 0.2) is 24.3 Å². The number of ether oxygens (including phenoxy) is 1. The molecule has 1 saturated carbocycles. The Hall–Kier alpha value is -2.04. The Morgan fingerprint density at radius 3 is 2.48 bits per heavy atom. The third-order valence-electron chi connectivity index (χ3n) is 3.67. The molecule has 0 radical (unpaired) electrons. The van der Waals surface area contributed by atoms with Crippen molar-refractivity contribution in [3.05, 3.63) is 29.8 Å². The lowest BCUT2D eigenvalue weighted by Crippen LogP contribution is -2.43. The van der Waals surface area contributed by atoms with E-state index in [4.69, 9.17) is 10.5 Å². The summed E-state index contributed by atoms with van der Waals surface area (Å²) >= 11 is 0. The average molecular weight is 290 g/mol. The Morgan fingerprint density at radius 2 is 1.90 bits per heavy atom. The standard InChI is InChI=1S/C16H22N2O3/c1-11(19)18-15(10-12-6-8-13(17)9-7-12)16(20)21-14-4-2-3-5-14/h6-9,14-15H,2-5,10,17H2,1H3,(H,18,19). The summed E-state index contributed by atoms with van der Waals surface area (Å²) in [5, 5.41) is 2.67. The number of esters is 1. The number of nitrogen functional groups attached to an aromatic ring is 1. The SMILES string of the molecule is CC(=O)NC(Cc1ccc(N)cc1)C(=O)OC1CCCC1. The summed E-state index contributed by atoms with van der Waals surface area (Å²) in [5.74, 6) is -0.590. The molecule has 1 fully saturated rings. The fourth-order valence-corrected chi connectivity index (χ4v) is 2.58. The lowest BCUT2D eigenvalue weighted by molar-refractivity contribution is -0.152. The van der Waals surface area contributed by atoms with Gasteiger partial charge in [-0.05, 0) is 43.4 Å². The molecular weight excluding hydrogens is 268 g/mol. The summed E-state index contributed by atoms with van der Waals surface area (Å²) < 4.78 is 5.49. The Kier molecular flexibility index (Phi) is 5.20. The van der Waals surface area contributed by atoms with Crippen molar-refractivity contribution in [3.63, 3.8) is 0 Å². The van der Waals surface area contributed by atoms with Gasteiger partial charge < -0.3 is 15.8 Å². The molecule has 0 aliphatic heterocycles. The fourth-order valence-electron chi connectivity index (χ4n) is 2.58. The molecule has 1 amide bonds. The fraction of sp³-hybridized carbons (Fsp3) is 0.500. The predicted molar refractivity (Wildman–Crippen MR) is 80.5 cm³/mol. The summed E-state index contributed by atoms with van der Waals surface area (Å²) in [6.07, 6.45) is 4.44. The second-order valence-corrected chi connectivity index (χ2v) is 5.54. The maximum Gasteiger partial charge on any atom is 0.329 e. The summed E-state index contributed by atoms with van der Waals surface area (Å²) in [4.78, 5) is 23.5. The van der Waals surface area contributed by atoms with Crippen molar-refractivity contribution in [1.82, 2.24) is 5.32 Å². The van der Waals surface area contributed by atoms with Gasteiger partial charge in [-0.15, -0.1) is 0 Å². The first-order valence-electron chi connectivity index (χ1n) is 7.36. The number of hydrogen-bond acceptors (Lipinski definition) is 4. The van der Waals surface area contributed by atoms with Crippen LogP contribution in [0.5, 0.6) is 0 Å². The molecule has 1 atom stereocenters. The Labute approximate surface area is 124 Å². The van der Waals surface area contributed by atoms with Crippen molar-refractivity contribution in [3.8, 4) is 0 Å². The molecule has 5 heteroatoms. The van der Waals surface area contributed by atoms with Gasteiger partial charge in [-0.2, -0.15) is 0 Å². The summed E-state index contributed by atoms with van der Waals surface area (Å²) in [6.45, 7) is 1.40. The van der Waals surface area contributed by atoms with Gasteiger partial charge in [-0.3, -0.25) is 4.79 Å². The minimum Gasteiger partial charge on any atom is -0.461 e. The number of nitrogens with two attached hydrogens (primary N) is 1. The van der Waals surface area contributed by atoms with Crippen LogP contribution >= 0.6 is 0 Å². The van der Waals surface area contributed by atoms with Gasteiger partial charge in [-0.1, -0.05) is 12.1 Å². The Bertz CT molecular complexity index is 493. The Morgan fingerprint density at radius 1 is 1.29 bits per heavy atom. The van der Waals surface area contributed by atoms with Gasteiger partial charge in [0.05, 0.1) is 0 Å². The maximum atomic E-state index is 12.2. The smallest absolute Gasteiger partial charge is 0.329 e. The van der Waals surface area contributed by atoms with E-state index in [1.165, 1.54) is 6.92 Å². The first kappa shape index (κ1) is 15.4. The highest BCUT2D eigenvalue weighted by molar-refractivity contribution is 5.83. The number of nitrogens with one attached hydrogen (secondary N) is 1. The minimum absolute atomic E-state index is 0.000163. The van der Waals surface area contributed by atoms with Gasteiger partial charge >= 0.3 is 5.97 Å². The zero-order valence-electron chi connectivity index (χ0n) is 12.3. The highest BCUT2D eigenvalue weighted by Crippen LogP contribution is 2.21. The lowest BCUT2D eigenvalue weighted by atomic mass is 10.1. The van der Waals surface area contributed by atoms with Gasteiger partial charge in [0.25, 0.3) is 0 Å². The van der Waals surface area contributed by atoms with Crippen LogP contribution in [-0.4, -0.2) is 24.0 Å². The number of amides is 1. The molecule has 0 heterocycles. The normalized spacial score (nSPS) is 16.4. The summed E-state index contributed by atoms with van der Waals surface area (Å²) in [7, 11) is 0. The number of benzene rings is 1. The van der Waals surface area contributed by atoms with Crippen molar-refractivity contribution in [2.75, 3.05) is 5.73 Å². The number of rotatable bonds is 5. The molecule has 1 aliphatic rings. The van der Waals surface area contributed by atoms with Crippen LogP contribution in [0.3, 0.4) is 0 Å². The molecular formula is C16H22N2O3. The molecule has 1 aliphatic carbocycles. The number of carbonyl (C=O) groups excluding carboxylic acids is 2. The van der Waals surface area contributed by atoms with Crippen LogP contribution in [0.1, 0.15) is 38.2 Å². The lowest BCUT2D eigenvalue weighted by Gasteiger charge is -2.19. The van der Waals surface area contributed by atoms with E-state index in [0.717, 1.165) is 31.2 Å². The zero-order valence-corrected chi connectivity index (χ0v) is 12.3. The molecule has 0 spiro atoms. The van der Waals surface area contributed by atoms with E-state index in [9.17, 15) is 9.59 Å². The van der Waals surface area contributed by atoms with Gasteiger partial charge in [0.2, 0.25) is 5.91 Å². The molecule has 1 aromatic rings. The first-order chi connectivity index (χ1) is 10.0. The molecule has 0 aromatic heterocycles. The van der Waals surface area contributed by atoms with Gasteiger partial charge in [0.15, 0.2) is 0 Å². The van der Waals surface area contributed by atoms with Crippen LogP contribution in [-0.2, 0) is 20.7 Å². The van der Waals surface area contributed by atoms with E-state index in [1.54, 1.807) is 12.1 Å². The van der Waals surface area contributed by atoms with Crippen molar-refractivity contribution in [1.29, 1.82) is 0 Å². The van der Waals surface area contributed by atoms with Crippen LogP contribution in [0, 0.1) is 0 Å². The highest BCUT2D eigenvalue weighted by Gasteiger charge is 2.26. The van der Waals surface area contributed by atoms with E-state index in [-0.39, 0.29) is 18.0 Å². The average Bonchev–Trinajstić information content (AvgIpc) is 2.93. The van der Waals surface area contributed by atoms with Crippen LogP contribution in [0.25, 0.3) is 0 Å². The van der Waals surface area contributed by atoms with Crippen molar-refractivity contribution in [2.24, 2.45) is 0 Å². The summed E-state index contributed by atoms with van der Waals surface area (Å²) in [5.41, 5.74) is 7.25. The number of carbonyl (C=O) groups is 2. The van der Waals surface area contributed by atoms with Crippen LogP contribution < -0.4 is 11.1 Å². The second-order valence-electron chi connectivity index (χ2n) is 5.54. The minimum atomic E-state index is -0.647. The first-order valence-corrected chi connectivity index (χ1v) is 7.36. The predicted octanol–water partition coefficient (Wildman–Crippen LogP) is 1.80. The molecule has 0 saturated heterocycles. The monoisotopic (exact) mass is 290 g/mol. The highest BCUT2D eigenvalue weighted by atomic mass is 16.5. The van der Waals surface area contributed by atoms with Gasteiger partial charge in [0.1, 0.15) is 12.1 Å². The van der Waals surface area contributed by atoms with Crippen molar-refractivity contribution in [2.45, 2.75) is 51.2 Å². The number of hydrogen-bond donors (Lipinski definition) is 2.